The number of hydrogen-bond acceptors (Lipinski definition) is 5. The lowest BCUT2D eigenvalue weighted by Crippen LogP contribution is -2.26. The van der Waals surface area contributed by atoms with Crippen molar-refractivity contribution >= 4 is 21.6 Å². The van der Waals surface area contributed by atoms with Gasteiger partial charge in [-0.05, 0) is 36.2 Å². The molecular weight excluding hydrogens is 356 g/mol. The van der Waals surface area contributed by atoms with Crippen LogP contribution in [0.1, 0.15) is 12.5 Å². The first-order valence-electron chi connectivity index (χ1n) is 7.94. The van der Waals surface area contributed by atoms with Crippen molar-refractivity contribution in [1.29, 1.82) is 0 Å². The van der Waals surface area contributed by atoms with Crippen molar-refractivity contribution in [2.75, 3.05) is 26.1 Å². The van der Waals surface area contributed by atoms with Crippen LogP contribution < -0.4 is 19.5 Å². The monoisotopic (exact) mass is 378 g/mol. The second-order valence-corrected chi connectivity index (χ2v) is 7.31. The molecule has 1 amide bonds. The number of sulfonamides is 1. The molecule has 0 fully saturated rings. The second kappa shape index (κ2) is 8.68. The topological polar surface area (TPSA) is 93.7 Å². The summed E-state index contributed by atoms with van der Waals surface area (Å²) < 4.78 is 37.7. The Hall–Kier alpha value is -2.58. The summed E-state index contributed by atoms with van der Waals surface area (Å²) in [5.74, 6) is 0.760. The molecule has 0 atom stereocenters. The fourth-order valence-electron chi connectivity index (χ4n) is 2.34. The molecule has 7 nitrogen and oxygen atoms in total. The predicted molar refractivity (Wildman–Crippen MR) is 99.2 cm³/mol. The molecule has 0 saturated heterocycles. The largest absolute Gasteiger partial charge is 0.497 e. The third-order valence-electron chi connectivity index (χ3n) is 3.66. The van der Waals surface area contributed by atoms with Crippen molar-refractivity contribution in [3.8, 4) is 11.5 Å². The Balaban J connectivity index is 2.05. The van der Waals surface area contributed by atoms with Gasteiger partial charge in [-0.15, -0.1) is 0 Å². The Morgan fingerprint density at radius 2 is 1.73 bits per heavy atom. The molecule has 2 aromatic carbocycles. The van der Waals surface area contributed by atoms with Crippen LogP contribution in [0.5, 0.6) is 11.5 Å². The van der Waals surface area contributed by atoms with E-state index in [4.69, 9.17) is 9.47 Å². The van der Waals surface area contributed by atoms with Crippen LogP contribution >= 0.6 is 0 Å². The maximum absolute atomic E-state index is 12.5. The third kappa shape index (κ3) is 5.21. The molecule has 0 unspecified atom stereocenters. The number of carbonyl (C=O) groups excluding carboxylic acids is 1. The van der Waals surface area contributed by atoms with Crippen LogP contribution in [0.25, 0.3) is 0 Å². The number of hydrogen-bond donors (Lipinski definition) is 2. The molecule has 0 aliphatic heterocycles. The first-order valence-corrected chi connectivity index (χ1v) is 9.42. The first kappa shape index (κ1) is 19.7. The lowest BCUT2D eigenvalue weighted by atomic mass is 10.1. The quantitative estimate of drug-likeness (QED) is 0.734. The lowest BCUT2D eigenvalue weighted by molar-refractivity contribution is -0.114. The zero-order valence-electron chi connectivity index (χ0n) is 14.9. The van der Waals surface area contributed by atoms with Crippen LogP contribution in [-0.2, 0) is 21.2 Å². The van der Waals surface area contributed by atoms with Gasteiger partial charge in [0.1, 0.15) is 11.5 Å². The summed E-state index contributed by atoms with van der Waals surface area (Å²) in [5.41, 5.74) is 1.41. The molecule has 140 valence electrons. The molecule has 0 radical (unpaired) electrons. The van der Waals surface area contributed by atoms with Crippen molar-refractivity contribution in [2.45, 2.75) is 18.2 Å². The Morgan fingerprint density at radius 1 is 1.04 bits per heavy atom. The molecule has 0 aliphatic carbocycles. The minimum atomic E-state index is -3.69. The molecule has 2 rings (SSSR count). The highest BCUT2D eigenvalue weighted by atomic mass is 32.2. The fourth-order valence-corrected chi connectivity index (χ4v) is 3.38. The number of anilines is 1. The van der Waals surface area contributed by atoms with E-state index in [0.29, 0.717) is 12.1 Å². The molecule has 2 N–H and O–H groups in total. The van der Waals surface area contributed by atoms with Gasteiger partial charge >= 0.3 is 0 Å². The van der Waals surface area contributed by atoms with Crippen LogP contribution in [0.2, 0.25) is 0 Å². The average molecular weight is 378 g/mol. The van der Waals surface area contributed by atoms with Gasteiger partial charge in [0.25, 0.3) is 0 Å². The van der Waals surface area contributed by atoms with E-state index in [1.54, 1.807) is 7.11 Å². The third-order valence-corrected chi connectivity index (χ3v) is 5.12. The van der Waals surface area contributed by atoms with E-state index in [0.717, 1.165) is 11.3 Å². The van der Waals surface area contributed by atoms with E-state index < -0.39 is 10.0 Å². The number of amides is 1. The van der Waals surface area contributed by atoms with Crippen molar-refractivity contribution in [1.82, 2.24) is 4.72 Å². The van der Waals surface area contributed by atoms with Crippen molar-refractivity contribution in [3.63, 3.8) is 0 Å². The summed E-state index contributed by atoms with van der Waals surface area (Å²) >= 11 is 0. The molecule has 0 saturated carbocycles. The van der Waals surface area contributed by atoms with Crippen molar-refractivity contribution in [3.05, 3.63) is 48.0 Å². The normalized spacial score (nSPS) is 11.0. The summed E-state index contributed by atoms with van der Waals surface area (Å²) in [5, 5.41) is 2.59. The maximum Gasteiger partial charge on any atom is 0.240 e. The van der Waals surface area contributed by atoms with Gasteiger partial charge in [-0.25, -0.2) is 13.1 Å². The van der Waals surface area contributed by atoms with Crippen molar-refractivity contribution in [2.24, 2.45) is 0 Å². The van der Waals surface area contributed by atoms with Crippen LogP contribution in [-0.4, -0.2) is 35.1 Å². The van der Waals surface area contributed by atoms with Crippen LogP contribution in [0, 0.1) is 0 Å². The fraction of sp³-hybridized carbons (Fsp3) is 0.278. The van der Waals surface area contributed by atoms with Gasteiger partial charge in [0.15, 0.2) is 0 Å². The number of rotatable bonds is 8. The summed E-state index contributed by atoms with van der Waals surface area (Å²) in [4.78, 5) is 11.2. The number of nitrogens with one attached hydrogen (secondary N) is 2. The molecule has 0 aromatic heterocycles. The molecule has 0 heterocycles. The summed E-state index contributed by atoms with van der Waals surface area (Å²) in [6.07, 6.45) is 0.546. The number of carbonyl (C=O) groups is 1. The molecular formula is C18H22N2O5S. The predicted octanol–water partition coefficient (Wildman–Crippen LogP) is 2.18. The van der Waals surface area contributed by atoms with Crippen LogP contribution in [0.4, 0.5) is 5.69 Å². The first-order chi connectivity index (χ1) is 12.4. The SMILES string of the molecule is COc1ccc(CCNS(=O)(=O)c2ccc(NC(C)=O)c(OC)c2)cc1. The lowest BCUT2D eigenvalue weighted by Gasteiger charge is -2.12. The summed E-state index contributed by atoms with van der Waals surface area (Å²) in [6.45, 7) is 1.62. The molecule has 0 spiro atoms. The van der Waals surface area contributed by atoms with Gasteiger partial charge in [0.05, 0.1) is 24.8 Å². The van der Waals surface area contributed by atoms with E-state index >= 15 is 0 Å². The van der Waals surface area contributed by atoms with Gasteiger partial charge in [-0.2, -0.15) is 0 Å². The zero-order chi connectivity index (χ0) is 19.2. The summed E-state index contributed by atoms with van der Waals surface area (Å²) in [6, 6.07) is 11.7. The highest BCUT2D eigenvalue weighted by Gasteiger charge is 2.16. The van der Waals surface area contributed by atoms with E-state index in [-0.39, 0.29) is 23.1 Å². The van der Waals surface area contributed by atoms with Gasteiger partial charge in [-0.3, -0.25) is 4.79 Å². The highest BCUT2D eigenvalue weighted by Crippen LogP contribution is 2.27. The Kier molecular flexibility index (Phi) is 6.59. The van der Waals surface area contributed by atoms with Gasteiger partial charge in [0, 0.05) is 19.5 Å². The number of benzene rings is 2. The zero-order valence-corrected chi connectivity index (χ0v) is 15.7. The molecule has 0 aliphatic rings. The number of ether oxygens (including phenoxy) is 2. The standard InChI is InChI=1S/C18H22N2O5S/c1-13(21)20-17-9-8-16(12-18(17)25-3)26(22,23)19-11-10-14-4-6-15(24-2)7-5-14/h4-9,12,19H,10-11H2,1-3H3,(H,20,21). The van der Waals surface area contributed by atoms with Gasteiger partial charge in [0.2, 0.25) is 15.9 Å². The Bertz CT molecular complexity index is 864. The molecule has 8 heteroatoms. The highest BCUT2D eigenvalue weighted by molar-refractivity contribution is 7.89. The van der Waals surface area contributed by atoms with E-state index in [1.807, 2.05) is 24.3 Å². The smallest absolute Gasteiger partial charge is 0.240 e. The minimum absolute atomic E-state index is 0.0678. The Morgan fingerprint density at radius 3 is 2.31 bits per heavy atom. The van der Waals surface area contributed by atoms with Crippen LogP contribution in [0.15, 0.2) is 47.4 Å². The maximum atomic E-state index is 12.5. The molecule has 0 bridgehead atoms. The average Bonchev–Trinajstić information content (AvgIpc) is 2.62. The number of methoxy groups -OCH3 is 2. The second-order valence-electron chi connectivity index (χ2n) is 5.54. The van der Waals surface area contributed by atoms with Crippen molar-refractivity contribution < 1.29 is 22.7 Å². The summed E-state index contributed by atoms with van der Waals surface area (Å²) in [7, 11) is -0.686. The van der Waals surface area contributed by atoms with E-state index in [9.17, 15) is 13.2 Å². The minimum Gasteiger partial charge on any atom is -0.497 e. The van der Waals surface area contributed by atoms with Gasteiger partial charge < -0.3 is 14.8 Å². The Labute approximate surface area is 153 Å². The molecule has 2 aromatic rings. The van der Waals surface area contributed by atoms with Gasteiger partial charge in [-0.1, -0.05) is 12.1 Å². The van der Waals surface area contributed by atoms with E-state index in [1.165, 1.54) is 32.2 Å². The molecule has 26 heavy (non-hydrogen) atoms. The van der Waals surface area contributed by atoms with Crippen LogP contribution in [0.3, 0.4) is 0 Å². The van der Waals surface area contributed by atoms with E-state index in [2.05, 4.69) is 10.0 Å².